The summed E-state index contributed by atoms with van der Waals surface area (Å²) >= 11 is 1.91. The molecule has 0 fully saturated rings. The molecule has 0 saturated carbocycles. The molecule has 0 amide bonds. The Morgan fingerprint density at radius 1 is 1.25 bits per heavy atom. The molecular weight excluding hydrogens is 118 g/mol. The zero-order valence-electron chi connectivity index (χ0n) is 5.52. The van der Waals surface area contributed by atoms with Crippen LogP contribution in [0.3, 0.4) is 0 Å². The molecule has 0 unspecified atom stereocenters. The summed E-state index contributed by atoms with van der Waals surface area (Å²) in [6, 6.07) is 0. The van der Waals surface area contributed by atoms with Crippen LogP contribution in [-0.4, -0.2) is 18.6 Å². The van der Waals surface area contributed by atoms with Crippen LogP contribution in [0.4, 0.5) is 0 Å². The summed E-state index contributed by atoms with van der Waals surface area (Å²) in [5.74, 6) is 1.29. The van der Waals surface area contributed by atoms with Gasteiger partial charge in [0.1, 0.15) is 0 Å². The molecule has 2 heteroatoms. The molecule has 0 aromatic carbocycles. The SMILES string of the molecule is CSCCCCCN. The number of unbranched alkanes of at least 4 members (excludes halogenated alkanes) is 2. The Kier molecular flexibility index (Phi) is 7.59. The molecule has 0 aromatic heterocycles. The van der Waals surface area contributed by atoms with Crippen molar-refractivity contribution in [2.75, 3.05) is 18.6 Å². The van der Waals surface area contributed by atoms with Crippen LogP contribution in [0.1, 0.15) is 19.3 Å². The second kappa shape index (κ2) is 7.31. The van der Waals surface area contributed by atoms with Crippen LogP contribution in [0.5, 0.6) is 0 Å². The molecule has 0 aliphatic carbocycles. The van der Waals surface area contributed by atoms with Gasteiger partial charge >= 0.3 is 0 Å². The monoisotopic (exact) mass is 133 g/mol. The first-order valence-corrected chi connectivity index (χ1v) is 4.50. The number of hydrogen-bond donors (Lipinski definition) is 1. The number of nitrogens with two attached hydrogens (primary N) is 1. The molecule has 0 heterocycles. The highest BCUT2D eigenvalue weighted by Gasteiger charge is 1.83. The van der Waals surface area contributed by atoms with E-state index in [2.05, 4.69) is 6.26 Å². The van der Waals surface area contributed by atoms with Crippen molar-refractivity contribution in [2.45, 2.75) is 19.3 Å². The second-order valence-electron chi connectivity index (χ2n) is 1.84. The third-order valence-corrected chi connectivity index (χ3v) is 1.75. The average molecular weight is 133 g/mol. The van der Waals surface area contributed by atoms with E-state index in [1.807, 2.05) is 11.8 Å². The summed E-state index contributed by atoms with van der Waals surface area (Å²) in [4.78, 5) is 0. The Morgan fingerprint density at radius 3 is 2.50 bits per heavy atom. The van der Waals surface area contributed by atoms with E-state index in [0.29, 0.717) is 0 Å². The van der Waals surface area contributed by atoms with Gasteiger partial charge in [-0.25, -0.2) is 0 Å². The minimum atomic E-state index is 0.856. The smallest absolute Gasteiger partial charge is 0.00703 e. The fourth-order valence-electron chi connectivity index (χ4n) is 0.568. The number of rotatable bonds is 5. The van der Waals surface area contributed by atoms with Gasteiger partial charge in [-0.2, -0.15) is 11.8 Å². The summed E-state index contributed by atoms with van der Waals surface area (Å²) in [7, 11) is 0. The topological polar surface area (TPSA) is 26.0 Å². The van der Waals surface area contributed by atoms with Gasteiger partial charge in [0.15, 0.2) is 0 Å². The van der Waals surface area contributed by atoms with Gasteiger partial charge in [-0.15, -0.1) is 0 Å². The standard InChI is InChI=1S/C6H15NS/c1-8-6-4-2-3-5-7/h2-7H2,1H3. The van der Waals surface area contributed by atoms with Gasteiger partial charge in [-0.05, 0) is 31.4 Å². The van der Waals surface area contributed by atoms with Crippen molar-refractivity contribution >= 4 is 11.8 Å². The van der Waals surface area contributed by atoms with Gasteiger partial charge in [0.25, 0.3) is 0 Å². The zero-order chi connectivity index (χ0) is 6.24. The lowest BCUT2D eigenvalue weighted by molar-refractivity contribution is 0.733. The second-order valence-corrected chi connectivity index (χ2v) is 2.83. The van der Waals surface area contributed by atoms with Crippen LogP contribution in [-0.2, 0) is 0 Å². The Balaban J connectivity index is 2.53. The average Bonchev–Trinajstić information content (AvgIpc) is 1.81. The van der Waals surface area contributed by atoms with Crippen molar-refractivity contribution in [1.29, 1.82) is 0 Å². The minimum Gasteiger partial charge on any atom is -0.330 e. The van der Waals surface area contributed by atoms with Gasteiger partial charge in [0.05, 0.1) is 0 Å². The van der Waals surface area contributed by atoms with Gasteiger partial charge in [0, 0.05) is 0 Å². The molecule has 0 aliphatic rings. The Bertz CT molecular complexity index is 33.5. The van der Waals surface area contributed by atoms with Crippen molar-refractivity contribution in [1.82, 2.24) is 0 Å². The molecule has 50 valence electrons. The molecule has 2 N–H and O–H groups in total. The largest absolute Gasteiger partial charge is 0.330 e. The van der Waals surface area contributed by atoms with Crippen LogP contribution in [0.15, 0.2) is 0 Å². The molecule has 0 radical (unpaired) electrons. The molecule has 0 spiro atoms. The summed E-state index contributed by atoms with van der Waals surface area (Å²) in [5.41, 5.74) is 5.30. The van der Waals surface area contributed by atoms with Crippen LogP contribution in [0, 0.1) is 0 Å². The lowest BCUT2D eigenvalue weighted by Gasteiger charge is -1.93. The predicted octanol–water partition coefficient (Wildman–Crippen LogP) is 1.48. The lowest BCUT2D eigenvalue weighted by Crippen LogP contribution is -1.97. The van der Waals surface area contributed by atoms with E-state index in [0.717, 1.165) is 6.54 Å². The van der Waals surface area contributed by atoms with E-state index in [9.17, 15) is 0 Å². The van der Waals surface area contributed by atoms with Crippen molar-refractivity contribution in [3.8, 4) is 0 Å². The molecule has 1 nitrogen and oxygen atoms in total. The fourth-order valence-corrected chi connectivity index (χ4v) is 1.06. The normalized spacial score (nSPS) is 9.75. The van der Waals surface area contributed by atoms with E-state index in [4.69, 9.17) is 5.73 Å². The van der Waals surface area contributed by atoms with Crippen molar-refractivity contribution in [3.63, 3.8) is 0 Å². The number of thioether (sulfide) groups is 1. The first-order valence-electron chi connectivity index (χ1n) is 3.11. The first-order chi connectivity index (χ1) is 3.91. The molecule has 0 bridgehead atoms. The third kappa shape index (κ3) is 6.31. The van der Waals surface area contributed by atoms with Gasteiger partial charge < -0.3 is 5.73 Å². The maximum absolute atomic E-state index is 5.30. The van der Waals surface area contributed by atoms with E-state index in [-0.39, 0.29) is 0 Å². The van der Waals surface area contributed by atoms with Crippen molar-refractivity contribution in [2.24, 2.45) is 5.73 Å². The summed E-state index contributed by atoms with van der Waals surface area (Å²) in [6.45, 7) is 0.856. The maximum Gasteiger partial charge on any atom is -0.00703 e. The summed E-state index contributed by atoms with van der Waals surface area (Å²) in [5, 5.41) is 0. The highest BCUT2D eigenvalue weighted by Crippen LogP contribution is 2.00. The quantitative estimate of drug-likeness (QED) is 0.575. The van der Waals surface area contributed by atoms with E-state index < -0.39 is 0 Å². The molecular formula is C6H15NS. The van der Waals surface area contributed by atoms with Crippen LogP contribution >= 0.6 is 11.8 Å². The minimum absolute atomic E-state index is 0.856. The maximum atomic E-state index is 5.30. The highest BCUT2D eigenvalue weighted by molar-refractivity contribution is 7.98. The Labute approximate surface area is 56.0 Å². The van der Waals surface area contributed by atoms with Gasteiger partial charge in [0.2, 0.25) is 0 Å². The highest BCUT2D eigenvalue weighted by atomic mass is 32.2. The Hall–Kier alpha value is 0.310. The van der Waals surface area contributed by atoms with E-state index in [1.165, 1.54) is 25.0 Å². The van der Waals surface area contributed by atoms with Crippen LogP contribution in [0.25, 0.3) is 0 Å². The fraction of sp³-hybridized carbons (Fsp3) is 1.00. The van der Waals surface area contributed by atoms with E-state index >= 15 is 0 Å². The van der Waals surface area contributed by atoms with Crippen molar-refractivity contribution in [3.05, 3.63) is 0 Å². The van der Waals surface area contributed by atoms with Gasteiger partial charge in [-0.3, -0.25) is 0 Å². The first kappa shape index (κ1) is 8.31. The zero-order valence-corrected chi connectivity index (χ0v) is 6.34. The predicted molar refractivity (Wildman–Crippen MR) is 41.3 cm³/mol. The van der Waals surface area contributed by atoms with E-state index in [1.54, 1.807) is 0 Å². The summed E-state index contributed by atoms with van der Waals surface area (Å²) in [6.07, 6.45) is 5.97. The summed E-state index contributed by atoms with van der Waals surface area (Å²) < 4.78 is 0. The molecule has 0 rings (SSSR count). The Morgan fingerprint density at radius 2 is 2.00 bits per heavy atom. The van der Waals surface area contributed by atoms with Gasteiger partial charge in [-0.1, -0.05) is 6.42 Å². The molecule has 0 aliphatic heterocycles. The van der Waals surface area contributed by atoms with Crippen LogP contribution in [0.2, 0.25) is 0 Å². The lowest BCUT2D eigenvalue weighted by atomic mass is 10.2. The van der Waals surface area contributed by atoms with Crippen molar-refractivity contribution < 1.29 is 0 Å². The molecule has 8 heavy (non-hydrogen) atoms. The third-order valence-electron chi connectivity index (χ3n) is 1.05. The molecule has 0 atom stereocenters. The molecule has 0 aromatic rings. The van der Waals surface area contributed by atoms with Crippen LogP contribution < -0.4 is 5.73 Å². The number of hydrogen-bond acceptors (Lipinski definition) is 2. The molecule has 0 saturated heterocycles.